The molecule has 0 amide bonds. The molecular weight excluding hydrogens is 312 g/mol. The Hall–Kier alpha value is -0.650. The number of thiocarbonyl (C=S) groups is 1. The van der Waals surface area contributed by atoms with Crippen molar-refractivity contribution in [3.05, 3.63) is 34.3 Å². The normalized spacial score (nSPS) is 10.2. The maximum Gasteiger partial charge on any atom is 0.168 e. The number of benzene rings is 1. The molecule has 0 atom stereocenters. The van der Waals surface area contributed by atoms with Gasteiger partial charge in [0.05, 0.1) is 0 Å². The van der Waals surface area contributed by atoms with E-state index in [1.807, 2.05) is 30.1 Å². The van der Waals surface area contributed by atoms with Crippen molar-refractivity contribution in [3.63, 3.8) is 0 Å². The summed E-state index contributed by atoms with van der Waals surface area (Å²) in [5.74, 6) is 0. The van der Waals surface area contributed by atoms with E-state index in [9.17, 15) is 0 Å². The van der Waals surface area contributed by atoms with Gasteiger partial charge in [-0.3, -0.25) is 0 Å². The van der Waals surface area contributed by atoms with Crippen LogP contribution in [0.15, 0.2) is 28.7 Å². The van der Waals surface area contributed by atoms with E-state index in [1.54, 1.807) is 7.11 Å². The summed E-state index contributed by atoms with van der Waals surface area (Å²) < 4.78 is 6.10. The first-order chi connectivity index (χ1) is 8.65. The minimum Gasteiger partial charge on any atom is -0.385 e. The van der Waals surface area contributed by atoms with Crippen LogP contribution in [0.3, 0.4) is 0 Å². The zero-order chi connectivity index (χ0) is 13.4. The SMILES string of the molecule is COCCCNC(=S)N(C)Cc1ccccc1Br. The summed E-state index contributed by atoms with van der Waals surface area (Å²) in [7, 11) is 3.70. The number of nitrogens with zero attached hydrogens (tertiary/aromatic N) is 1. The van der Waals surface area contributed by atoms with Crippen molar-refractivity contribution in [2.75, 3.05) is 27.3 Å². The molecule has 1 aromatic rings. The van der Waals surface area contributed by atoms with Crippen LogP contribution in [0.1, 0.15) is 12.0 Å². The lowest BCUT2D eigenvalue weighted by Crippen LogP contribution is -2.37. The molecule has 0 bridgehead atoms. The Morgan fingerprint density at radius 3 is 2.83 bits per heavy atom. The van der Waals surface area contributed by atoms with Crippen molar-refractivity contribution in [3.8, 4) is 0 Å². The molecule has 0 aliphatic heterocycles. The van der Waals surface area contributed by atoms with Gasteiger partial charge < -0.3 is 15.0 Å². The van der Waals surface area contributed by atoms with Crippen molar-refractivity contribution in [2.24, 2.45) is 0 Å². The molecule has 0 unspecified atom stereocenters. The van der Waals surface area contributed by atoms with Gasteiger partial charge in [0.1, 0.15) is 0 Å². The molecule has 3 nitrogen and oxygen atoms in total. The Kier molecular flexibility index (Phi) is 7.23. The molecular formula is C13H19BrN2OS. The van der Waals surface area contributed by atoms with E-state index in [0.717, 1.165) is 35.7 Å². The van der Waals surface area contributed by atoms with Gasteiger partial charge in [0.2, 0.25) is 0 Å². The highest BCUT2D eigenvalue weighted by Crippen LogP contribution is 2.17. The molecule has 0 aliphatic carbocycles. The lowest BCUT2D eigenvalue weighted by Gasteiger charge is -2.21. The molecule has 0 heterocycles. The van der Waals surface area contributed by atoms with Crippen LogP contribution in [0.2, 0.25) is 0 Å². The van der Waals surface area contributed by atoms with Gasteiger partial charge in [0.25, 0.3) is 0 Å². The maximum absolute atomic E-state index is 5.33. The van der Waals surface area contributed by atoms with Crippen molar-refractivity contribution >= 4 is 33.3 Å². The highest BCUT2D eigenvalue weighted by Gasteiger charge is 2.06. The van der Waals surface area contributed by atoms with Crippen LogP contribution in [0, 0.1) is 0 Å². The molecule has 0 aliphatic rings. The van der Waals surface area contributed by atoms with Gasteiger partial charge in [-0.15, -0.1) is 0 Å². The third kappa shape index (κ3) is 5.33. The lowest BCUT2D eigenvalue weighted by molar-refractivity contribution is 0.195. The zero-order valence-electron chi connectivity index (χ0n) is 10.8. The van der Waals surface area contributed by atoms with Gasteiger partial charge in [0, 0.05) is 38.3 Å². The fourth-order valence-electron chi connectivity index (χ4n) is 1.50. The molecule has 0 saturated carbocycles. The molecule has 0 aromatic heterocycles. The number of ether oxygens (including phenoxy) is 1. The van der Waals surface area contributed by atoms with Crippen molar-refractivity contribution in [1.29, 1.82) is 0 Å². The largest absolute Gasteiger partial charge is 0.385 e. The van der Waals surface area contributed by atoms with E-state index >= 15 is 0 Å². The number of nitrogens with one attached hydrogen (secondary N) is 1. The van der Waals surface area contributed by atoms with Crippen molar-refractivity contribution in [2.45, 2.75) is 13.0 Å². The third-order valence-corrected chi connectivity index (χ3v) is 3.74. The average molecular weight is 331 g/mol. The summed E-state index contributed by atoms with van der Waals surface area (Å²) in [6, 6.07) is 8.17. The number of methoxy groups -OCH3 is 1. The second kappa shape index (κ2) is 8.45. The smallest absolute Gasteiger partial charge is 0.168 e. The summed E-state index contributed by atoms with van der Waals surface area (Å²) in [6.07, 6.45) is 0.958. The van der Waals surface area contributed by atoms with Crippen LogP contribution in [-0.2, 0) is 11.3 Å². The fraction of sp³-hybridized carbons (Fsp3) is 0.462. The van der Waals surface area contributed by atoms with Crippen LogP contribution in [0.5, 0.6) is 0 Å². The summed E-state index contributed by atoms with van der Waals surface area (Å²) >= 11 is 8.87. The molecule has 0 spiro atoms. The molecule has 5 heteroatoms. The van der Waals surface area contributed by atoms with E-state index in [2.05, 4.69) is 27.3 Å². The third-order valence-electron chi connectivity index (χ3n) is 2.51. The predicted molar refractivity (Wildman–Crippen MR) is 82.7 cm³/mol. The first-order valence-electron chi connectivity index (χ1n) is 5.86. The summed E-state index contributed by atoms with van der Waals surface area (Å²) in [6.45, 7) is 2.38. The van der Waals surface area contributed by atoms with Crippen molar-refractivity contribution < 1.29 is 4.74 Å². The van der Waals surface area contributed by atoms with E-state index in [-0.39, 0.29) is 0 Å². The monoisotopic (exact) mass is 330 g/mol. The lowest BCUT2D eigenvalue weighted by atomic mass is 10.2. The number of hydrogen-bond acceptors (Lipinski definition) is 2. The van der Waals surface area contributed by atoms with Crippen LogP contribution >= 0.6 is 28.1 Å². The number of rotatable bonds is 6. The maximum atomic E-state index is 5.33. The Morgan fingerprint density at radius 1 is 1.44 bits per heavy atom. The Bertz CT molecular complexity index is 387. The minimum absolute atomic E-state index is 0.754. The molecule has 100 valence electrons. The van der Waals surface area contributed by atoms with Crippen LogP contribution in [-0.4, -0.2) is 37.3 Å². The van der Waals surface area contributed by atoms with Gasteiger partial charge in [-0.25, -0.2) is 0 Å². The highest BCUT2D eigenvalue weighted by molar-refractivity contribution is 9.10. The minimum atomic E-state index is 0.754. The molecule has 1 rings (SSSR count). The standard InChI is InChI=1S/C13H19BrN2OS/c1-16(13(18)15-8-5-9-17-2)10-11-6-3-4-7-12(11)14/h3-4,6-7H,5,8-10H2,1-2H3,(H,15,18). The zero-order valence-corrected chi connectivity index (χ0v) is 13.2. The summed E-state index contributed by atoms with van der Waals surface area (Å²) in [5, 5.41) is 3.98. The molecule has 1 N–H and O–H groups in total. The number of halogens is 1. The molecule has 18 heavy (non-hydrogen) atoms. The van der Waals surface area contributed by atoms with Crippen molar-refractivity contribution in [1.82, 2.24) is 10.2 Å². The van der Waals surface area contributed by atoms with E-state index < -0.39 is 0 Å². The van der Waals surface area contributed by atoms with E-state index in [4.69, 9.17) is 17.0 Å². The van der Waals surface area contributed by atoms with Crippen LogP contribution in [0.4, 0.5) is 0 Å². The quantitative estimate of drug-likeness (QED) is 0.640. The van der Waals surface area contributed by atoms with Crippen LogP contribution < -0.4 is 5.32 Å². The second-order valence-electron chi connectivity index (χ2n) is 4.03. The predicted octanol–water partition coefficient (Wildman–Crippen LogP) is 2.79. The summed E-state index contributed by atoms with van der Waals surface area (Å²) in [5.41, 5.74) is 1.22. The molecule has 0 fully saturated rings. The van der Waals surface area contributed by atoms with Gasteiger partial charge in [-0.05, 0) is 30.3 Å². The van der Waals surface area contributed by atoms with Gasteiger partial charge in [-0.2, -0.15) is 0 Å². The molecule has 0 saturated heterocycles. The highest BCUT2D eigenvalue weighted by atomic mass is 79.9. The summed E-state index contributed by atoms with van der Waals surface area (Å²) in [4.78, 5) is 2.03. The Labute approximate surface area is 123 Å². The van der Waals surface area contributed by atoms with E-state index in [1.165, 1.54) is 5.56 Å². The first kappa shape index (κ1) is 15.4. The molecule has 0 radical (unpaired) electrons. The van der Waals surface area contributed by atoms with Gasteiger partial charge in [0.15, 0.2) is 5.11 Å². The van der Waals surface area contributed by atoms with Crippen LogP contribution in [0.25, 0.3) is 0 Å². The number of hydrogen-bond donors (Lipinski definition) is 1. The van der Waals surface area contributed by atoms with Gasteiger partial charge in [-0.1, -0.05) is 34.1 Å². The Balaban J connectivity index is 2.38. The average Bonchev–Trinajstić information content (AvgIpc) is 2.37. The first-order valence-corrected chi connectivity index (χ1v) is 7.06. The van der Waals surface area contributed by atoms with Gasteiger partial charge >= 0.3 is 0 Å². The second-order valence-corrected chi connectivity index (χ2v) is 5.27. The molecule has 1 aromatic carbocycles. The fourth-order valence-corrected chi connectivity index (χ4v) is 2.08. The van der Waals surface area contributed by atoms with E-state index in [0.29, 0.717) is 0 Å². The topological polar surface area (TPSA) is 24.5 Å². The Morgan fingerprint density at radius 2 is 2.17 bits per heavy atom.